The van der Waals surface area contributed by atoms with Gasteiger partial charge in [0.25, 0.3) is 0 Å². The largest absolute Gasteiger partial charge is 0.493 e. The fourth-order valence-corrected chi connectivity index (χ4v) is 3.46. The van der Waals surface area contributed by atoms with Crippen molar-refractivity contribution in [3.8, 4) is 34.3 Å². The van der Waals surface area contributed by atoms with E-state index in [1.807, 2.05) is 60.9 Å². The minimum Gasteiger partial charge on any atom is -0.493 e. The molecule has 8 heteroatoms. The molecule has 0 radical (unpaired) electrons. The number of benzene rings is 2. The second-order valence-electron chi connectivity index (χ2n) is 6.42. The van der Waals surface area contributed by atoms with E-state index < -0.39 is 0 Å². The average Bonchev–Trinajstić information content (AvgIpc) is 3.29. The zero-order valence-corrected chi connectivity index (χ0v) is 18.9. The molecule has 0 aliphatic heterocycles. The van der Waals surface area contributed by atoms with Gasteiger partial charge in [-0.2, -0.15) is 5.10 Å². The first-order valence-corrected chi connectivity index (χ1v) is 10.3. The van der Waals surface area contributed by atoms with Crippen molar-refractivity contribution in [1.29, 1.82) is 0 Å². The van der Waals surface area contributed by atoms with E-state index in [9.17, 15) is 0 Å². The standard InChI is InChI=1S/C23H25N3O4S/c1-15(6-7-16-8-10-19(27-2)21(12-16)29-4)25-26-23-24-18(14-31-23)17-9-11-20(28-3)22(13-17)30-5/h6-14H,1-5H3,(H,24,26)/b7-6+,25-15+. The summed E-state index contributed by atoms with van der Waals surface area (Å²) in [7, 11) is 6.46. The van der Waals surface area contributed by atoms with Crippen LogP contribution < -0.4 is 24.4 Å². The Hall–Kier alpha value is -3.52. The normalized spacial score (nSPS) is 11.5. The van der Waals surface area contributed by atoms with Gasteiger partial charge in [0, 0.05) is 10.9 Å². The highest BCUT2D eigenvalue weighted by molar-refractivity contribution is 7.14. The number of ether oxygens (including phenoxy) is 4. The third-order valence-corrected chi connectivity index (χ3v) is 5.18. The van der Waals surface area contributed by atoms with Crippen molar-refractivity contribution < 1.29 is 18.9 Å². The Kier molecular flexibility index (Phi) is 7.50. The Morgan fingerprint density at radius 2 is 1.55 bits per heavy atom. The number of nitrogens with zero attached hydrogens (tertiary/aromatic N) is 2. The van der Waals surface area contributed by atoms with Crippen LogP contribution in [0.15, 0.2) is 53.0 Å². The van der Waals surface area contributed by atoms with Crippen molar-refractivity contribution >= 4 is 28.3 Å². The number of rotatable bonds is 9. The number of nitrogens with one attached hydrogen (secondary N) is 1. The van der Waals surface area contributed by atoms with E-state index >= 15 is 0 Å². The first-order chi connectivity index (χ1) is 15.1. The minimum atomic E-state index is 0.664. The van der Waals surface area contributed by atoms with E-state index in [0.717, 1.165) is 22.5 Å². The highest BCUT2D eigenvalue weighted by atomic mass is 32.1. The quantitative estimate of drug-likeness (QED) is 0.358. The molecule has 3 rings (SSSR count). The van der Waals surface area contributed by atoms with E-state index in [1.165, 1.54) is 11.3 Å². The molecule has 1 heterocycles. The van der Waals surface area contributed by atoms with Crippen LogP contribution in [0.2, 0.25) is 0 Å². The van der Waals surface area contributed by atoms with Crippen LogP contribution in [0.3, 0.4) is 0 Å². The van der Waals surface area contributed by atoms with Crippen molar-refractivity contribution in [2.75, 3.05) is 33.9 Å². The predicted molar refractivity (Wildman–Crippen MR) is 126 cm³/mol. The van der Waals surface area contributed by atoms with Crippen LogP contribution in [0, 0.1) is 0 Å². The van der Waals surface area contributed by atoms with E-state index in [-0.39, 0.29) is 0 Å². The molecule has 2 aromatic carbocycles. The zero-order valence-electron chi connectivity index (χ0n) is 18.1. The Balaban J connectivity index is 1.67. The van der Waals surface area contributed by atoms with Gasteiger partial charge in [0.15, 0.2) is 23.0 Å². The van der Waals surface area contributed by atoms with Gasteiger partial charge >= 0.3 is 0 Å². The third-order valence-electron chi connectivity index (χ3n) is 4.44. The Morgan fingerprint density at radius 1 is 0.903 bits per heavy atom. The summed E-state index contributed by atoms with van der Waals surface area (Å²) >= 11 is 1.48. The molecule has 0 bridgehead atoms. The van der Waals surface area contributed by atoms with E-state index in [0.29, 0.717) is 28.1 Å². The summed E-state index contributed by atoms with van der Waals surface area (Å²) in [5, 5.41) is 7.05. The lowest BCUT2D eigenvalue weighted by Crippen LogP contribution is -1.94. The van der Waals surface area contributed by atoms with Gasteiger partial charge in [0.05, 0.1) is 39.8 Å². The molecule has 31 heavy (non-hydrogen) atoms. The molecule has 0 amide bonds. The molecular formula is C23H25N3O4S. The smallest absolute Gasteiger partial charge is 0.203 e. The van der Waals surface area contributed by atoms with Gasteiger partial charge in [-0.15, -0.1) is 11.3 Å². The van der Waals surface area contributed by atoms with Gasteiger partial charge in [-0.3, -0.25) is 5.43 Å². The van der Waals surface area contributed by atoms with Gasteiger partial charge in [-0.1, -0.05) is 12.1 Å². The van der Waals surface area contributed by atoms with Gasteiger partial charge in [-0.05, 0) is 48.9 Å². The molecule has 1 aromatic heterocycles. The molecule has 7 nitrogen and oxygen atoms in total. The lowest BCUT2D eigenvalue weighted by atomic mass is 10.1. The maximum atomic E-state index is 5.37. The van der Waals surface area contributed by atoms with Crippen LogP contribution in [0.1, 0.15) is 12.5 Å². The lowest BCUT2D eigenvalue weighted by Gasteiger charge is -2.08. The summed E-state index contributed by atoms with van der Waals surface area (Å²) in [6.07, 6.45) is 3.87. The van der Waals surface area contributed by atoms with Crippen LogP contribution in [0.4, 0.5) is 5.13 Å². The van der Waals surface area contributed by atoms with E-state index in [2.05, 4.69) is 15.5 Å². The van der Waals surface area contributed by atoms with Crippen molar-refractivity contribution in [1.82, 2.24) is 4.98 Å². The number of aromatic nitrogens is 1. The van der Waals surface area contributed by atoms with Gasteiger partial charge in [0.1, 0.15) is 0 Å². The molecule has 0 fully saturated rings. The minimum absolute atomic E-state index is 0.664. The summed E-state index contributed by atoms with van der Waals surface area (Å²) in [5.74, 6) is 2.72. The Labute approximate surface area is 186 Å². The number of hydrogen-bond donors (Lipinski definition) is 1. The predicted octanol–water partition coefficient (Wildman–Crippen LogP) is 5.35. The van der Waals surface area contributed by atoms with Crippen molar-refractivity contribution in [2.45, 2.75) is 6.92 Å². The number of hydrogen-bond acceptors (Lipinski definition) is 8. The molecule has 0 aliphatic carbocycles. The average molecular weight is 440 g/mol. The van der Waals surface area contributed by atoms with Crippen LogP contribution in [-0.4, -0.2) is 39.1 Å². The van der Waals surface area contributed by atoms with Crippen LogP contribution >= 0.6 is 11.3 Å². The van der Waals surface area contributed by atoms with E-state index in [1.54, 1.807) is 28.4 Å². The van der Waals surface area contributed by atoms with Crippen LogP contribution in [0.5, 0.6) is 23.0 Å². The van der Waals surface area contributed by atoms with Crippen molar-refractivity contribution in [3.05, 3.63) is 53.4 Å². The monoisotopic (exact) mass is 439 g/mol. The fourth-order valence-electron chi connectivity index (χ4n) is 2.80. The highest BCUT2D eigenvalue weighted by Gasteiger charge is 2.09. The summed E-state index contributed by atoms with van der Waals surface area (Å²) in [4.78, 5) is 4.59. The SMILES string of the molecule is COc1ccc(/C=C/C(C)=N/Nc2nc(-c3ccc(OC)c(OC)c3)cs2)cc1OC. The number of hydrazone groups is 1. The highest BCUT2D eigenvalue weighted by Crippen LogP contribution is 2.33. The molecule has 0 atom stereocenters. The van der Waals surface area contributed by atoms with Crippen molar-refractivity contribution in [2.24, 2.45) is 5.10 Å². The molecular weight excluding hydrogens is 414 g/mol. The number of anilines is 1. The zero-order chi connectivity index (χ0) is 22.2. The molecule has 0 unspecified atom stereocenters. The summed E-state index contributed by atoms with van der Waals surface area (Å²) in [5.41, 5.74) is 6.57. The topological polar surface area (TPSA) is 74.2 Å². The molecule has 0 aliphatic rings. The van der Waals surface area contributed by atoms with Gasteiger partial charge < -0.3 is 18.9 Å². The molecule has 3 aromatic rings. The molecule has 0 spiro atoms. The second-order valence-corrected chi connectivity index (χ2v) is 7.28. The van der Waals surface area contributed by atoms with Gasteiger partial charge in [0.2, 0.25) is 5.13 Å². The number of thiazole rings is 1. The van der Waals surface area contributed by atoms with E-state index in [4.69, 9.17) is 18.9 Å². The summed E-state index contributed by atoms with van der Waals surface area (Å²) in [6, 6.07) is 11.4. The Bertz CT molecular complexity index is 1090. The number of allylic oxidation sites excluding steroid dienone is 1. The third kappa shape index (κ3) is 5.55. The summed E-state index contributed by atoms with van der Waals surface area (Å²) < 4.78 is 21.2. The molecule has 0 saturated heterocycles. The first-order valence-electron chi connectivity index (χ1n) is 9.46. The number of methoxy groups -OCH3 is 4. The summed E-state index contributed by atoms with van der Waals surface area (Å²) in [6.45, 7) is 1.91. The molecule has 1 N–H and O–H groups in total. The first kappa shape index (κ1) is 22.2. The Morgan fingerprint density at radius 3 is 2.23 bits per heavy atom. The van der Waals surface area contributed by atoms with Crippen molar-refractivity contribution in [3.63, 3.8) is 0 Å². The van der Waals surface area contributed by atoms with Crippen LogP contribution in [0.25, 0.3) is 17.3 Å². The van der Waals surface area contributed by atoms with Crippen LogP contribution in [-0.2, 0) is 0 Å². The maximum absolute atomic E-state index is 5.37. The van der Waals surface area contributed by atoms with Gasteiger partial charge in [-0.25, -0.2) is 4.98 Å². The second kappa shape index (κ2) is 10.5. The molecule has 162 valence electrons. The molecule has 0 saturated carbocycles. The lowest BCUT2D eigenvalue weighted by molar-refractivity contribution is 0.355. The maximum Gasteiger partial charge on any atom is 0.203 e. The fraction of sp³-hybridized carbons (Fsp3) is 0.217.